The van der Waals surface area contributed by atoms with Gasteiger partial charge >= 0.3 is 0 Å². The summed E-state index contributed by atoms with van der Waals surface area (Å²) in [5, 5.41) is 10.4. The number of hydrogen-bond donors (Lipinski definition) is 1. The van der Waals surface area contributed by atoms with Gasteiger partial charge in [-0.15, -0.1) is 0 Å². The van der Waals surface area contributed by atoms with Crippen LogP contribution in [0.2, 0.25) is 5.02 Å². The molecular formula is C14H8ClF5O. The molecule has 0 bridgehead atoms. The van der Waals surface area contributed by atoms with E-state index in [9.17, 15) is 27.1 Å². The van der Waals surface area contributed by atoms with E-state index in [4.69, 9.17) is 11.6 Å². The van der Waals surface area contributed by atoms with Crippen LogP contribution in [-0.4, -0.2) is 5.11 Å². The molecule has 1 N–H and O–H groups in total. The molecular weight excluding hydrogens is 315 g/mol. The van der Waals surface area contributed by atoms with Crippen molar-refractivity contribution in [3.05, 3.63) is 69.5 Å². The molecule has 0 aromatic heterocycles. The molecule has 2 aromatic rings. The number of rotatable bonds is 2. The molecule has 112 valence electrons. The maximum Gasteiger partial charge on any atom is 0.200 e. The van der Waals surface area contributed by atoms with Crippen LogP contribution in [0.25, 0.3) is 0 Å². The van der Waals surface area contributed by atoms with Gasteiger partial charge in [0.25, 0.3) is 0 Å². The fourth-order valence-electron chi connectivity index (χ4n) is 1.97. The van der Waals surface area contributed by atoms with Crippen LogP contribution in [0.15, 0.2) is 24.3 Å². The van der Waals surface area contributed by atoms with Gasteiger partial charge in [-0.05, 0) is 24.6 Å². The van der Waals surface area contributed by atoms with E-state index < -0.39 is 40.3 Å². The highest BCUT2D eigenvalue weighted by molar-refractivity contribution is 6.30. The lowest BCUT2D eigenvalue weighted by Gasteiger charge is -2.26. The Morgan fingerprint density at radius 3 is 1.86 bits per heavy atom. The first kappa shape index (κ1) is 15.7. The molecule has 1 nitrogen and oxygen atoms in total. The van der Waals surface area contributed by atoms with E-state index in [2.05, 4.69) is 0 Å². The first-order valence-electron chi connectivity index (χ1n) is 5.68. The van der Waals surface area contributed by atoms with Gasteiger partial charge in [-0.25, -0.2) is 22.0 Å². The molecule has 0 aliphatic carbocycles. The molecule has 1 atom stereocenters. The van der Waals surface area contributed by atoms with Gasteiger partial charge in [0.2, 0.25) is 5.82 Å². The maximum atomic E-state index is 13.8. The zero-order valence-corrected chi connectivity index (χ0v) is 11.3. The fourth-order valence-corrected chi connectivity index (χ4v) is 2.16. The number of aliphatic hydroxyl groups is 1. The lowest BCUT2D eigenvalue weighted by molar-refractivity contribution is 0.0904. The molecule has 0 saturated heterocycles. The van der Waals surface area contributed by atoms with Gasteiger partial charge in [0, 0.05) is 5.02 Å². The summed E-state index contributed by atoms with van der Waals surface area (Å²) in [4.78, 5) is 0. The summed E-state index contributed by atoms with van der Waals surface area (Å²) in [5.41, 5.74) is -3.89. The third kappa shape index (κ3) is 2.49. The van der Waals surface area contributed by atoms with E-state index in [1.54, 1.807) is 0 Å². The van der Waals surface area contributed by atoms with E-state index in [1.807, 2.05) is 0 Å². The van der Waals surface area contributed by atoms with Crippen molar-refractivity contribution >= 4 is 11.6 Å². The van der Waals surface area contributed by atoms with Crippen LogP contribution in [0, 0.1) is 29.1 Å². The number of halogens is 6. The molecule has 0 heterocycles. The van der Waals surface area contributed by atoms with E-state index in [1.165, 1.54) is 24.3 Å². The van der Waals surface area contributed by atoms with Crippen LogP contribution >= 0.6 is 11.6 Å². The summed E-state index contributed by atoms with van der Waals surface area (Å²) in [6.07, 6.45) is 0. The van der Waals surface area contributed by atoms with Crippen LogP contribution in [0.4, 0.5) is 22.0 Å². The smallest absolute Gasteiger partial charge is 0.200 e. The predicted octanol–water partition coefficient (Wildman–Crippen LogP) is 4.29. The Bertz CT molecular complexity index is 686. The molecule has 21 heavy (non-hydrogen) atoms. The largest absolute Gasteiger partial charge is 0.380 e. The minimum atomic E-state index is -2.45. The van der Waals surface area contributed by atoms with E-state index >= 15 is 0 Å². The lowest BCUT2D eigenvalue weighted by Crippen LogP contribution is -2.28. The van der Waals surface area contributed by atoms with E-state index in [0.29, 0.717) is 0 Å². The summed E-state index contributed by atoms with van der Waals surface area (Å²) in [6.45, 7) is 0.914. The third-order valence-electron chi connectivity index (χ3n) is 3.08. The monoisotopic (exact) mass is 322 g/mol. The predicted molar refractivity (Wildman–Crippen MR) is 66.4 cm³/mol. The zero-order chi connectivity index (χ0) is 15.9. The number of hydrogen-bond acceptors (Lipinski definition) is 1. The molecule has 0 aliphatic rings. The Labute approximate surface area is 121 Å². The molecule has 0 amide bonds. The topological polar surface area (TPSA) is 20.2 Å². The van der Waals surface area contributed by atoms with Crippen LogP contribution in [0.3, 0.4) is 0 Å². The Morgan fingerprint density at radius 1 is 0.905 bits per heavy atom. The average molecular weight is 323 g/mol. The zero-order valence-electron chi connectivity index (χ0n) is 10.5. The summed E-state index contributed by atoms with van der Waals surface area (Å²) in [6, 6.07) is 5.22. The Hall–Kier alpha value is -1.66. The van der Waals surface area contributed by atoms with Crippen LogP contribution in [0.5, 0.6) is 0 Å². The quantitative estimate of drug-likeness (QED) is 0.497. The second kappa shape index (κ2) is 5.27. The van der Waals surface area contributed by atoms with Gasteiger partial charge in [0.15, 0.2) is 23.3 Å². The summed E-state index contributed by atoms with van der Waals surface area (Å²) < 4.78 is 67.0. The van der Waals surface area contributed by atoms with Crippen molar-refractivity contribution in [3.8, 4) is 0 Å². The normalized spacial score (nSPS) is 14.1. The minimum Gasteiger partial charge on any atom is -0.380 e. The Kier molecular flexibility index (Phi) is 3.95. The van der Waals surface area contributed by atoms with Gasteiger partial charge < -0.3 is 5.11 Å². The van der Waals surface area contributed by atoms with Crippen molar-refractivity contribution in [2.45, 2.75) is 12.5 Å². The first-order chi connectivity index (χ1) is 9.67. The second-order valence-electron chi connectivity index (χ2n) is 4.53. The molecule has 7 heteroatoms. The second-order valence-corrected chi connectivity index (χ2v) is 4.96. The summed E-state index contributed by atoms with van der Waals surface area (Å²) in [7, 11) is 0. The number of benzene rings is 2. The van der Waals surface area contributed by atoms with Gasteiger partial charge in [0.1, 0.15) is 5.60 Å². The lowest BCUT2D eigenvalue weighted by atomic mass is 9.87. The standard InChI is InChI=1S/C14H8ClF5O/c1-14(21,6-3-2-4-7(15)5-6)8-9(16)11(18)13(20)12(19)10(8)17/h2-5,21H,1H3. The Morgan fingerprint density at radius 2 is 1.38 bits per heavy atom. The third-order valence-corrected chi connectivity index (χ3v) is 3.32. The highest BCUT2D eigenvalue weighted by Gasteiger charge is 2.37. The van der Waals surface area contributed by atoms with Gasteiger partial charge in [0.05, 0.1) is 5.56 Å². The SMILES string of the molecule is CC(O)(c1cccc(Cl)c1)c1c(F)c(F)c(F)c(F)c1F. The van der Waals surface area contributed by atoms with Crippen molar-refractivity contribution in [2.24, 2.45) is 0 Å². The minimum absolute atomic E-state index is 0.113. The van der Waals surface area contributed by atoms with Crippen molar-refractivity contribution in [1.82, 2.24) is 0 Å². The van der Waals surface area contributed by atoms with Gasteiger partial charge in [-0.2, -0.15) is 0 Å². The first-order valence-corrected chi connectivity index (χ1v) is 6.06. The highest BCUT2D eigenvalue weighted by Crippen LogP contribution is 2.36. The van der Waals surface area contributed by atoms with Crippen LogP contribution < -0.4 is 0 Å². The maximum absolute atomic E-state index is 13.8. The highest BCUT2D eigenvalue weighted by atomic mass is 35.5. The van der Waals surface area contributed by atoms with E-state index in [0.717, 1.165) is 6.92 Å². The molecule has 0 saturated carbocycles. The Balaban J connectivity index is 2.77. The molecule has 2 rings (SSSR count). The van der Waals surface area contributed by atoms with Crippen LogP contribution in [-0.2, 0) is 5.60 Å². The van der Waals surface area contributed by atoms with Crippen molar-refractivity contribution < 1.29 is 27.1 Å². The van der Waals surface area contributed by atoms with Crippen LogP contribution in [0.1, 0.15) is 18.1 Å². The van der Waals surface area contributed by atoms with Gasteiger partial charge in [-0.3, -0.25) is 0 Å². The fraction of sp³-hybridized carbons (Fsp3) is 0.143. The summed E-state index contributed by atoms with van der Waals surface area (Å²) in [5.74, 6) is -10.7. The molecule has 2 aromatic carbocycles. The van der Waals surface area contributed by atoms with Crippen molar-refractivity contribution in [3.63, 3.8) is 0 Å². The molecule has 0 radical (unpaired) electrons. The van der Waals surface area contributed by atoms with Crippen molar-refractivity contribution in [1.29, 1.82) is 0 Å². The molecule has 0 fully saturated rings. The summed E-state index contributed by atoms with van der Waals surface area (Å²) >= 11 is 5.70. The molecule has 0 aliphatic heterocycles. The van der Waals surface area contributed by atoms with E-state index in [-0.39, 0.29) is 10.6 Å². The van der Waals surface area contributed by atoms with Crippen molar-refractivity contribution in [2.75, 3.05) is 0 Å². The average Bonchev–Trinajstić information content (AvgIpc) is 2.43. The molecule has 1 unspecified atom stereocenters. The van der Waals surface area contributed by atoms with Gasteiger partial charge in [-0.1, -0.05) is 23.7 Å². The molecule has 0 spiro atoms.